The number of hydrogen-bond acceptors (Lipinski definition) is 6. The molecule has 0 bridgehead atoms. The molecule has 2 aliphatic heterocycles. The predicted molar refractivity (Wildman–Crippen MR) is 93.9 cm³/mol. The molecule has 132 valence electrons. The SMILES string of the molecule is O=C(c1ccc2c(c1)OCO2)N1CCC(c2cccs2)S(=O)(=O)CC1. The average molecular weight is 379 g/mol. The molecule has 6 nitrogen and oxygen atoms in total. The van der Waals surface area contributed by atoms with Crippen LogP contribution in [0.1, 0.15) is 26.9 Å². The first-order valence-electron chi connectivity index (χ1n) is 7.98. The highest BCUT2D eigenvalue weighted by Gasteiger charge is 2.33. The number of carbonyl (C=O) groups excluding carboxylic acids is 1. The van der Waals surface area contributed by atoms with Crippen molar-refractivity contribution >= 4 is 27.1 Å². The molecule has 2 aromatic rings. The summed E-state index contributed by atoms with van der Waals surface area (Å²) in [4.78, 5) is 15.3. The molecule has 0 saturated carbocycles. The molecule has 1 fully saturated rings. The van der Waals surface area contributed by atoms with E-state index >= 15 is 0 Å². The van der Waals surface area contributed by atoms with E-state index in [9.17, 15) is 13.2 Å². The van der Waals surface area contributed by atoms with Crippen molar-refractivity contribution < 1.29 is 22.7 Å². The van der Waals surface area contributed by atoms with Crippen LogP contribution in [0.15, 0.2) is 35.7 Å². The lowest BCUT2D eigenvalue weighted by Gasteiger charge is -2.20. The van der Waals surface area contributed by atoms with Crippen molar-refractivity contribution in [2.75, 3.05) is 25.6 Å². The number of thiophene rings is 1. The molecule has 3 heterocycles. The van der Waals surface area contributed by atoms with Gasteiger partial charge >= 0.3 is 0 Å². The van der Waals surface area contributed by atoms with E-state index in [1.807, 2.05) is 17.5 Å². The summed E-state index contributed by atoms with van der Waals surface area (Å²) in [6, 6.07) is 8.75. The summed E-state index contributed by atoms with van der Waals surface area (Å²) < 4.78 is 35.7. The number of carbonyl (C=O) groups is 1. The zero-order chi connectivity index (χ0) is 17.4. The van der Waals surface area contributed by atoms with Gasteiger partial charge in [-0.3, -0.25) is 4.79 Å². The third kappa shape index (κ3) is 3.11. The summed E-state index contributed by atoms with van der Waals surface area (Å²) in [6.45, 7) is 0.768. The maximum atomic E-state index is 12.8. The van der Waals surface area contributed by atoms with Crippen LogP contribution in [0.2, 0.25) is 0 Å². The molecule has 1 unspecified atom stereocenters. The fourth-order valence-electron chi connectivity index (χ4n) is 3.15. The molecule has 0 N–H and O–H groups in total. The number of nitrogens with zero attached hydrogens (tertiary/aromatic N) is 1. The van der Waals surface area contributed by atoms with E-state index in [4.69, 9.17) is 9.47 Å². The minimum atomic E-state index is -3.27. The van der Waals surface area contributed by atoms with E-state index < -0.39 is 15.1 Å². The van der Waals surface area contributed by atoms with E-state index in [0.29, 0.717) is 30.0 Å². The van der Waals surface area contributed by atoms with Gasteiger partial charge in [0.25, 0.3) is 5.91 Å². The van der Waals surface area contributed by atoms with Gasteiger partial charge in [-0.15, -0.1) is 11.3 Å². The van der Waals surface area contributed by atoms with Crippen molar-refractivity contribution in [3.8, 4) is 11.5 Å². The Morgan fingerprint density at radius 1 is 1.16 bits per heavy atom. The standard InChI is InChI=1S/C17H17NO5S2/c19-17(12-3-4-13-14(10-12)23-11-22-13)18-6-5-16(15-2-1-8-24-15)25(20,21)9-7-18/h1-4,8,10,16H,5-7,9,11H2. The number of fused-ring (bicyclic) bond motifs is 1. The first kappa shape index (κ1) is 16.4. The Balaban J connectivity index is 1.55. The van der Waals surface area contributed by atoms with Gasteiger partial charge in [-0.05, 0) is 36.1 Å². The Bertz CT molecular complexity index is 892. The van der Waals surface area contributed by atoms with Crippen LogP contribution in [0.5, 0.6) is 11.5 Å². The second kappa shape index (κ2) is 6.34. The molecular formula is C17H17NO5S2. The van der Waals surface area contributed by atoms with Crippen LogP contribution in [0, 0.1) is 0 Å². The van der Waals surface area contributed by atoms with Gasteiger partial charge < -0.3 is 14.4 Å². The van der Waals surface area contributed by atoms with Crippen LogP contribution in [0.4, 0.5) is 0 Å². The number of benzene rings is 1. The van der Waals surface area contributed by atoms with Gasteiger partial charge in [-0.2, -0.15) is 0 Å². The zero-order valence-corrected chi connectivity index (χ0v) is 15.0. The second-order valence-electron chi connectivity index (χ2n) is 6.02. The highest BCUT2D eigenvalue weighted by molar-refractivity contribution is 7.91. The Labute approximate surface area is 149 Å². The molecule has 0 radical (unpaired) electrons. The summed E-state index contributed by atoms with van der Waals surface area (Å²) in [5.41, 5.74) is 0.483. The molecule has 0 spiro atoms. The van der Waals surface area contributed by atoms with Crippen molar-refractivity contribution in [3.63, 3.8) is 0 Å². The number of amides is 1. The smallest absolute Gasteiger partial charge is 0.254 e. The fourth-order valence-corrected chi connectivity index (χ4v) is 6.16. The van der Waals surface area contributed by atoms with E-state index in [0.717, 1.165) is 4.88 Å². The first-order chi connectivity index (χ1) is 12.0. The molecule has 8 heteroatoms. The van der Waals surface area contributed by atoms with E-state index in [-0.39, 0.29) is 25.0 Å². The van der Waals surface area contributed by atoms with Crippen LogP contribution in [0.3, 0.4) is 0 Å². The molecule has 1 saturated heterocycles. The molecule has 25 heavy (non-hydrogen) atoms. The topological polar surface area (TPSA) is 72.9 Å². The molecule has 2 aliphatic rings. The van der Waals surface area contributed by atoms with Gasteiger partial charge in [0.15, 0.2) is 21.3 Å². The van der Waals surface area contributed by atoms with Crippen molar-refractivity contribution in [3.05, 3.63) is 46.2 Å². The summed E-state index contributed by atoms with van der Waals surface area (Å²) >= 11 is 1.45. The Hall–Kier alpha value is -2.06. The monoisotopic (exact) mass is 379 g/mol. The van der Waals surface area contributed by atoms with Crippen LogP contribution < -0.4 is 9.47 Å². The number of rotatable bonds is 2. The number of sulfone groups is 1. The van der Waals surface area contributed by atoms with Crippen LogP contribution in [-0.2, 0) is 9.84 Å². The van der Waals surface area contributed by atoms with Gasteiger partial charge in [-0.25, -0.2) is 8.42 Å². The molecule has 4 rings (SSSR count). The van der Waals surface area contributed by atoms with E-state index in [1.54, 1.807) is 23.1 Å². The summed E-state index contributed by atoms with van der Waals surface area (Å²) in [7, 11) is -3.27. The third-order valence-corrected chi connectivity index (χ3v) is 7.75. The summed E-state index contributed by atoms with van der Waals surface area (Å²) in [6.07, 6.45) is 0.416. The highest BCUT2D eigenvalue weighted by Crippen LogP contribution is 2.34. The Morgan fingerprint density at radius 3 is 2.80 bits per heavy atom. The van der Waals surface area contributed by atoms with Gasteiger partial charge in [0.2, 0.25) is 6.79 Å². The van der Waals surface area contributed by atoms with E-state index in [2.05, 4.69) is 0 Å². The quantitative estimate of drug-likeness (QED) is 0.802. The average Bonchev–Trinajstić information content (AvgIpc) is 3.25. The van der Waals surface area contributed by atoms with Crippen molar-refractivity contribution in [1.29, 1.82) is 0 Å². The summed E-state index contributed by atoms with van der Waals surface area (Å²) in [5, 5.41) is 1.35. The number of ether oxygens (including phenoxy) is 2. The molecule has 1 atom stereocenters. The zero-order valence-electron chi connectivity index (χ0n) is 13.4. The highest BCUT2D eigenvalue weighted by atomic mass is 32.2. The van der Waals surface area contributed by atoms with Gasteiger partial charge in [-0.1, -0.05) is 6.07 Å². The maximum absolute atomic E-state index is 12.8. The lowest BCUT2D eigenvalue weighted by atomic mass is 10.1. The largest absolute Gasteiger partial charge is 0.454 e. The maximum Gasteiger partial charge on any atom is 0.254 e. The normalized spacial score (nSPS) is 21.8. The molecule has 1 amide bonds. The number of hydrogen-bond donors (Lipinski definition) is 0. The minimum absolute atomic E-state index is 0.0220. The van der Waals surface area contributed by atoms with Crippen LogP contribution in [0.25, 0.3) is 0 Å². The second-order valence-corrected chi connectivity index (χ2v) is 9.30. The lowest BCUT2D eigenvalue weighted by Crippen LogP contribution is -2.33. The molecular weight excluding hydrogens is 362 g/mol. The van der Waals surface area contributed by atoms with Crippen LogP contribution >= 0.6 is 11.3 Å². The molecule has 0 aliphatic carbocycles. The fraction of sp³-hybridized carbons (Fsp3) is 0.353. The van der Waals surface area contributed by atoms with E-state index in [1.165, 1.54) is 11.3 Å². The van der Waals surface area contributed by atoms with Crippen molar-refractivity contribution in [1.82, 2.24) is 4.90 Å². The Kier molecular flexibility index (Phi) is 4.16. The van der Waals surface area contributed by atoms with Gasteiger partial charge in [0.05, 0.1) is 11.0 Å². The minimum Gasteiger partial charge on any atom is -0.454 e. The van der Waals surface area contributed by atoms with Gasteiger partial charge in [0, 0.05) is 23.5 Å². The first-order valence-corrected chi connectivity index (χ1v) is 10.6. The lowest BCUT2D eigenvalue weighted by molar-refractivity contribution is 0.0766. The van der Waals surface area contributed by atoms with Gasteiger partial charge in [0.1, 0.15) is 0 Å². The van der Waals surface area contributed by atoms with Crippen LogP contribution in [-0.4, -0.2) is 44.9 Å². The molecule has 1 aromatic carbocycles. The van der Waals surface area contributed by atoms with Crippen molar-refractivity contribution in [2.45, 2.75) is 11.7 Å². The molecule has 1 aromatic heterocycles. The Morgan fingerprint density at radius 2 is 2.00 bits per heavy atom. The summed E-state index contributed by atoms with van der Waals surface area (Å²) in [5.74, 6) is 0.962. The predicted octanol–water partition coefficient (Wildman–Crippen LogP) is 2.48. The third-order valence-electron chi connectivity index (χ3n) is 4.51. The van der Waals surface area contributed by atoms with Crippen molar-refractivity contribution in [2.24, 2.45) is 0 Å².